The van der Waals surface area contributed by atoms with Gasteiger partial charge in [0, 0.05) is 34.7 Å². The molecule has 2 bridgehead atoms. The second-order valence-corrected chi connectivity index (χ2v) is 15.0. The molecule has 246 valence electrons. The number of rotatable bonds is 7. The third kappa shape index (κ3) is 4.85. The number of fused-ring (bicyclic) bond motifs is 5. The maximum Gasteiger partial charge on any atom is 0.310 e. The first-order valence-electron chi connectivity index (χ1n) is 15.9. The average molecular weight is 627 g/mol. The predicted octanol–water partition coefficient (Wildman–Crippen LogP) is 5.68. The topological polar surface area (TPSA) is 135 Å². The quantitative estimate of drug-likeness (QED) is 0.211. The van der Waals surface area contributed by atoms with Crippen molar-refractivity contribution in [3.63, 3.8) is 0 Å². The molecule has 1 aromatic rings. The Hall–Kier alpha value is -3.43. The van der Waals surface area contributed by atoms with Crippen LogP contribution >= 0.6 is 0 Å². The second-order valence-electron chi connectivity index (χ2n) is 15.0. The number of carbonyl (C=O) groups is 5. The van der Waals surface area contributed by atoms with Crippen molar-refractivity contribution in [1.82, 2.24) is 0 Å². The zero-order chi connectivity index (χ0) is 33.3. The van der Waals surface area contributed by atoms with E-state index < -0.39 is 75.7 Å². The van der Waals surface area contributed by atoms with Crippen molar-refractivity contribution in [1.29, 1.82) is 0 Å². The van der Waals surface area contributed by atoms with Crippen molar-refractivity contribution in [2.75, 3.05) is 7.11 Å². The van der Waals surface area contributed by atoms with Crippen LogP contribution < -0.4 is 0 Å². The standard InChI is InChI=1S/C35H46O10/c1-18(2)28(38)44-31-32(5,6)24(15-25(36)41-9)34(8)22-10-12-33(7)23(14-26(37)43-27(33)20-11-13-42-17-20)21(22)16-35(31,30(34)40)45-29(39)19(3)4/h11,13,17-19,22,24,27,31H,10,12,14-16H2,1-9H3/t22-,24-,27-,31+,33+,34+,35-/m0/s1. The average Bonchev–Trinajstić information content (AvgIpc) is 3.51. The van der Waals surface area contributed by atoms with Crippen LogP contribution in [0.25, 0.3) is 0 Å². The number of ketones is 1. The van der Waals surface area contributed by atoms with Gasteiger partial charge in [-0.25, -0.2) is 0 Å². The molecule has 10 heteroatoms. The van der Waals surface area contributed by atoms with E-state index in [4.69, 9.17) is 23.4 Å². The molecule has 2 heterocycles. The smallest absolute Gasteiger partial charge is 0.310 e. The van der Waals surface area contributed by atoms with Gasteiger partial charge in [0.05, 0.1) is 37.9 Å². The van der Waals surface area contributed by atoms with Gasteiger partial charge in [-0.3, -0.25) is 24.0 Å². The number of esters is 4. The van der Waals surface area contributed by atoms with Gasteiger partial charge in [0.1, 0.15) is 6.10 Å². The normalized spacial score (nSPS) is 35.4. The first kappa shape index (κ1) is 32.9. The molecule has 45 heavy (non-hydrogen) atoms. The molecule has 3 aliphatic carbocycles. The first-order valence-corrected chi connectivity index (χ1v) is 15.9. The largest absolute Gasteiger partial charge is 0.472 e. The van der Waals surface area contributed by atoms with E-state index in [1.807, 2.05) is 20.8 Å². The van der Waals surface area contributed by atoms with E-state index in [0.717, 1.165) is 16.7 Å². The highest BCUT2D eigenvalue weighted by Crippen LogP contribution is 2.69. The number of ether oxygens (including phenoxy) is 4. The summed E-state index contributed by atoms with van der Waals surface area (Å²) in [6, 6.07) is 1.78. The molecule has 0 amide bonds. The highest BCUT2D eigenvalue weighted by atomic mass is 16.6. The SMILES string of the molecule is COC(=O)C[C@H]1C(C)(C)[C@@H](OC(=O)C(C)C)[C@]2(OC(=O)C(C)C)CC3=C4CC(=O)O[C@@H](c5ccoc5)[C@]4(C)CC[C@@H]3[C@@]1(C)C2=O. The van der Waals surface area contributed by atoms with Crippen LogP contribution in [0.15, 0.2) is 34.2 Å². The van der Waals surface area contributed by atoms with Gasteiger partial charge in [0.2, 0.25) is 5.60 Å². The van der Waals surface area contributed by atoms with Crippen LogP contribution in [0.5, 0.6) is 0 Å². The van der Waals surface area contributed by atoms with Crippen LogP contribution in [-0.2, 0) is 42.9 Å². The van der Waals surface area contributed by atoms with Gasteiger partial charge in [0.25, 0.3) is 0 Å². The lowest BCUT2D eigenvalue weighted by atomic mass is 9.39. The molecule has 0 unspecified atom stereocenters. The number of methoxy groups -OCH3 is 1. The molecule has 1 aromatic heterocycles. The lowest BCUT2D eigenvalue weighted by Gasteiger charge is -2.66. The summed E-state index contributed by atoms with van der Waals surface area (Å²) in [5.41, 5.74) is -2.31. The molecule has 0 aromatic carbocycles. The minimum atomic E-state index is -1.87. The van der Waals surface area contributed by atoms with Crippen LogP contribution in [0.4, 0.5) is 0 Å². The number of cyclic esters (lactones) is 1. The summed E-state index contributed by atoms with van der Waals surface area (Å²) < 4.78 is 29.0. The van der Waals surface area contributed by atoms with Gasteiger partial charge in [-0.1, -0.05) is 61.0 Å². The third-order valence-electron chi connectivity index (χ3n) is 11.3. The Morgan fingerprint density at radius 2 is 1.69 bits per heavy atom. The minimum absolute atomic E-state index is 0.0106. The van der Waals surface area contributed by atoms with Crippen LogP contribution in [0.1, 0.15) is 99.2 Å². The molecule has 5 rings (SSSR count). The summed E-state index contributed by atoms with van der Waals surface area (Å²) in [4.78, 5) is 68.3. The lowest BCUT2D eigenvalue weighted by Crippen LogP contribution is -2.76. The van der Waals surface area contributed by atoms with Gasteiger partial charge in [-0.15, -0.1) is 0 Å². The van der Waals surface area contributed by atoms with Gasteiger partial charge < -0.3 is 23.4 Å². The van der Waals surface area contributed by atoms with E-state index in [2.05, 4.69) is 6.92 Å². The second kappa shape index (κ2) is 11.1. The monoisotopic (exact) mass is 626 g/mol. The Balaban J connectivity index is 1.81. The zero-order valence-corrected chi connectivity index (χ0v) is 27.8. The lowest BCUT2D eigenvalue weighted by molar-refractivity contribution is -0.246. The van der Waals surface area contributed by atoms with Crippen molar-refractivity contribution in [2.24, 2.45) is 39.9 Å². The highest BCUT2D eigenvalue weighted by Gasteiger charge is 2.76. The van der Waals surface area contributed by atoms with Gasteiger partial charge in [0.15, 0.2) is 11.9 Å². The van der Waals surface area contributed by atoms with Crippen LogP contribution in [0.3, 0.4) is 0 Å². The van der Waals surface area contributed by atoms with E-state index in [-0.39, 0.29) is 31.0 Å². The Labute approximate surface area is 264 Å². The number of hydrogen-bond donors (Lipinski definition) is 0. The van der Waals surface area contributed by atoms with E-state index in [1.54, 1.807) is 40.0 Å². The number of Topliss-reactive ketones (excluding diaryl/α,β-unsaturated/α-hetero) is 1. The number of hydrogen-bond acceptors (Lipinski definition) is 10. The fourth-order valence-electron chi connectivity index (χ4n) is 8.95. The first-order chi connectivity index (χ1) is 20.9. The van der Waals surface area contributed by atoms with Crippen molar-refractivity contribution in [2.45, 2.75) is 105 Å². The molecule has 0 spiro atoms. The van der Waals surface area contributed by atoms with Crippen molar-refractivity contribution < 1.29 is 47.3 Å². The summed E-state index contributed by atoms with van der Waals surface area (Å²) in [5, 5.41) is 0. The Morgan fingerprint density at radius 3 is 2.27 bits per heavy atom. The van der Waals surface area contributed by atoms with Crippen molar-refractivity contribution >= 4 is 29.7 Å². The summed E-state index contributed by atoms with van der Waals surface area (Å²) in [5.74, 6) is -4.50. The van der Waals surface area contributed by atoms with E-state index in [9.17, 15) is 19.2 Å². The Kier molecular flexibility index (Phi) is 8.14. The molecule has 10 nitrogen and oxygen atoms in total. The van der Waals surface area contributed by atoms with Gasteiger partial charge in [-0.2, -0.15) is 0 Å². The molecule has 2 saturated carbocycles. The minimum Gasteiger partial charge on any atom is -0.472 e. The predicted molar refractivity (Wildman–Crippen MR) is 160 cm³/mol. The fraction of sp³-hybridized carbons (Fsp3) is 0.686. The summed E-state index contributed by atoms with van der Waals surface area (Å²) >= 11 is 0. The fourth-order valence-corrected chi connectivity index (χ4v) is 8.95. The molecule has 1 aliphatic heterocycles. The molecule has 0 N–H and O–H groups in total. The third-order valence-corrected chi connectivity index (χ3v) is 11.3. The number of carbonyl (C=O) groups excluding carboxylic acids is 5. The molecular formula is C35H46O10. The van der Waals surface area contributed by atoms with Crippen LogP contribution in [0.2, 0.25) is 0 Å². The van der Waals surface area contributed by atoms with E-state index in [0.29, 0.717) is 12.8 Å². The summed E-state index contributed by atoms with van der Waals surface area (Å²) in [6.07, 6.45) is 2.36. The maximum atomic E-state index is 15.2. The van der Waals surface area contributed by atoms with Crippen LogP contribution in [-0.4, -0.2) is 48.5 Å². The van der Waals surface area contributed by atoms with Gasteiger partial charge in [-0.05, 0) is 36.3 Å². The van der Waals surface area contributed by atoms with E-state index >= 15 is 4.79 Å². The van der Waals surface area contributed by atoms with Crippen molar-refractivity contribution in [3.8, 4) is 0 Å². The van der Waals surface area contributed by atoms with E-state index in [1.165, 1.54) is 13.4 Å². The highest BCUT2D eigenvalue weighted by molar-refractivity contribution is 5.99. The summed E-state index contributed by atoms with van der Waals surface area (Å²) in [6.45, 7) is 14.4. The summed E-state index contributed by atoms with van der Waals surface area (Å²) in [7, 11) is 1.30. The van der Waals surface area contributed by atoms with Crippen LogP contribution in [0, 0.1) is 39.9 Å². The molecule has 7 atom stereocenters. The molecule has 4 aliphatic rings. The number of furan rings is 1. The van der Waals surface area contributed by atoms with Gasteiger partial charge >= 0.3 is 23.9 Å². The molecule has 0 radical (unpaired) electrons. The molecule has 1 saturated heterocycles. The van der Waals surface area contributed by atoms with Crippen molar-refractivity contribution in [3.05, 3.63) is 35.3 Å². The maximum absolute atomic E-state index is 15.2. The zero-order valence-electron chi connectivity index (χ0n) is 27.8. The molecular weight excluding hydrogens is 580 g/mol. The Bertz CT molecular complexity index is 1430. The Morgan fingerprint density at radius 1 is 1.02 bits per heavy atom. The molecule has 3 fully saturated rings.